The molecule has 1 heterocycles. The number of benzene rings is 1. The van der Waals surface area contributed by atoms with Crippen molar-refractivity contribution < 1.29 is 23.9 Å². The van der Waals surface area contributed by atoms with Crippen LogP contribution in [-0.4, -0.2) is 36.0 Å². The highest BCUT2D eigenvalue weighted by atomic mass is 35.5. The van der Waals surface area contributed by atoms with Crippen molar-refractivity contribution in [2.75, 3.05) is 19.5 Å². The van der Waals surface area contributed by atoms with Gasteiger partial charge in [-0.05, 0) is 44.5 Å². The Morgan fingerprint density at radius 2 is 1.89 bits per heavy atom. The number of esters is 2. The van der Waals surface area contributed by atoms with Gasteiger partial charge < -0.3 is 19.8 Å². The van der Waals surface area contributed by atoms with Crippen molar-refractivity contribution in [2.24, 2.45) is 0 Å². The summed E-state index contributed by atoms with van der Waals surface area (Å²) in [7, 11) is 1.35. The minimum absolute atomic E-state index is 0.225. The van der Waals surface area contributed by atoms with Crippen LogP contribution in [0.25, 0.3) is 0 Å². The largest absolute Gasteiger partial charge is 0.469 e. The lowest BCUT2D eigenvalue weighted by molar-refractivity contribution is -0.140. The molecular formula is C20H23ClN2O5. The molecule has 0 spiro atoms. The Kier molecular flexibility index (Phi) is 7.23. The Hall–Kier alpha value is -2.80. The molecule has 0 saturated heterocycles. The van der Waals surface area contributed by atoms with E-state index in [1.165, 1.54) is 25.3 Å². The molecule has 0 atom stereocenters. The van der Waals surface area contributed by atoms with E-state index in [9.17, 15) is 14.4 Å². The summed E-state index contributed by atoms with van der Waals surface area (Å²) in [5.74, 6) is -1.22. The number of aryl methyl sites for hydroxylation is 1. The molecule has 0 fully saturated rings. The molecule has 28 heavy (non-hydrogen) atoms. The van der Waals surface area contributed by atoms with E-state index in [1.807, 2.05) is 18.4 Å². The van der Waals surface area contributed by atoms with Gasteiger partial charge in [0.15, 0.2) is 6.61 Å². The van der Waals surface area contributed by atoms with Crippen LogP contribution < -0.4 is 5.73 Å². The second kappa shape index (κ2) is 9.41. The number of ether oxygens (including phenoxy) is 2. The molecule has 0 radical (unpaired) electrons. The van der Waals surface area contributed by atoms with Crippen molar-refractivity contribution >= 4 is 35.0 Å². The zero-order valence-corrected chi connectivity index (χ0v) is 16.8. The summed E-state index contributed by atoms with van der Waals surface area (Å²) < 4.78 is 11.7. The number of methoxy groups -OCH3 is 1. The van der Waals surface area contributed by atoms with E-state index in [1.54, 1.807) is 6.07 Å². The third-order valence-electron chi connectivity index (χ3n) is 4.43. The van der Waals surface area contributed by atoms with E-state index in [2.05, 4.69) is 4.74 Å². The van der Waals surface area contributed by atoms with Crippen LogP contribution >= 0.6 is 11.6 Å². The van der Waals surface area contributed by atoms with Gasteiger partial charge in [0.05, 0.1) is 23.4 Å². The number of ketones is 1. The first-order valence-corrected chi connectivity index (χ1v) is 9.11. The number of carbonyl (C=O) groups excluding carboxylic acids is 3. The van der Waals surface area contributed by atoms with Gasteiger partial charge in [-0.15, -0.1) is 0 Å². The number of carbonyl (C=O) groups is 3. The van der Waals surface area contributed by atoms with Gasteiger partial charge in [-0.25, -0.2) is 4.79 Å². The normalized spacial score (nSPS) is 10.6. The first kappa shape index (κ1) is 21.5. The predicted molar refractivity (Wildman–Crippen MR) is 106 cm³/mol. The van der Waals surface area contributed by atoms with E-state index in [4.69, 9.17) is 22.1 Å². The Bertz CT molecular complexity index is 904. The SMILES string of the molecule is COC(=O)CCCn1c(C)cc(C(=O)COC(=O)c2ccc(Cl)c(N)c2)c1C. The molecule has 0 unspecified atom stereocenters. The van der Waals surface area contributed by atoms with Gasteiger partial charge in [-0.1, -0.05) is 11.6 Å². The van der Waals surface area contributed by atoms with Crippen LogP contribution in [0.3, 0.4) is 0 Å². The molecule has 150 valence electrons. The van der Waals surface area contributed by atoms with Crippen molar-refractivity contribution in [3.8, 4) is 0 Å². The number of nitrogen functional groups attached to an aromatic ring is 1. The van der Waals surface area contributed by atoms with Crippen LogP contribution in [0.1, 0.15) is 44.9 Å². The molecular weight excluding hydrogens is 384 g/mol. The van der Waals surface area contributed by atoms with Crippen molar-refractivity contribution in [3.05, 3.63) is 51.8 Å². The van der Waals surface area contributed by atoms with Gasteiger partial charge in [-0.2, -0.15) is 0 Å². The molecule has 2 N–H and O–H groups in total. The number of rotatable bonds is 8. The molecule has 2 rings (SSSR count). The fraction of sp³-hybridized carbons (Fsp3) is 0.350. The minimum atomic E-state index is -0.649. The summed E-state index contributed by atoms with van der Waals surface area (Å²) in [5.41, 5.74) is 8.30. The molecule has 1 aromatic carbocycles. The average Bonchev–Trinajstić information content (AvgIpc) is 2.95. The summed E-state index contributed by atoms with van der Waals surface area (Å²) in [5, 5.41) is 0.340. The number of hydrogen-bond acceptors (Lipinski definition) is 6. The minimum Gasteiger partial charge on any atom is -0.469 e. The highest BCUT2D eigenvalue weighted by Crippen LogP contribution is 2.20. The van der Waals surface area contributed by atoms with E-state index in [0.29, 0.717) is 30.0 Å². The van der Waals surface area contributed by atoms with Crippen molar-refractivity contribution in [2.45, 2.75) is 33.2 Å². The van der Waals surface area contributed by atoms with Crippen molar-refractivity contribution in [1.82, 2.24) is 4.57 Å². The molecule has 0 aliphatic rings. The maximum atomic E-state index is 12.5. The van der Waals surface area contributed by atoms with Gasteiger partial charge >= 0.3 is 11.9 Å². The molecule has 0 aliphatic heterocycles. The van der Waals surface area contributed by atoms with Gasteiger partial charge in [-0.3, -0.25) is 9.59 Å². The summed E-state index contributed by atoms with van der Waals surface area (Å²) in [6.45, 7) is 3.90. The predicted octanol–water partition coefficient (Wildman–Crippen LogP) is 3.33. The second-order valence-electron chi connectivity index (χ2n) is 6.35. The number of anilines is 1. The topological polar surface area (TPSA) is 101 Å². The zero-order valence-electron chi connectivity index (χ0n) is 16.1. The summed E-state index contributed by atoms with van der Waals surface area (Å²) in [6, 6.07) is 6.14. The third-order valence-corrected chi connectivity index (χ3v) is 4.77. The van der Waals surface area contributed by atoms with Gasteiger partial charge in [0.1, 0.15) is 0 Å². The number of hydrogen-bond donors (Lipinski definition) is 1. The molecule has 8 heteroatoms. The van der Waals surface area contributed by atoms with Crippen LogP contribution in [0.15, 0.2) is 24.3 Å². The monoisotopic (exact) mass is 406 g/mol. The fourth-order valence-corrected chi connectivity index (χ4v) is 2.99. The molecule has 0 aliphatic carbocycles. The Balaban J connectivity index is 2.00. The van der Waals surface area contributed by atoms with Crippen molar-refractivity contribution in [1.29, 1.82) is 0 Å². The van der Waals surface area contributed by atoms with Crippen LogP contribution in [0.2, 0.25) is 5.02 Å². The van der Waals surface area contributed by atoms with Gasteiger partial charge in [0.25, 0.3) is 0 Å². The Labute approximate surface area is 168 Å². The number of nitrogens with two attached hydrogens (primary N) is 1. The molecule has 1 aromatic heterocycles. The lowest BCUT2D eigenvalue weighted by atomic mass is 10.1. The van der Waals surface area contributed by atoms with Crippen molar-refractivity contribution in [3.63, 3.8) is 0 Å². The quantitative estimate of drug-likeness (QED) is 0.410. The number of aromatic nitrogens is 1. The first-order valence-electron chi connectivity index (χ1n) is 8.73. The molecule has 7 nitrogen and oxygen atoms in total. The highest BCUT2D eigenvalue weighted by Gasteiger charge is 2.18. The first-order chi connectivity index (χ1) is 13.2. The molecule has 0 bridgehead atoms. The Morgan fingerprint density at radius 1 is 1.18 bits per heavy atom. The summed E-state index contributed by atoms with van der Waals surface area (Å²) in [6.07, 6.45) is 0.905. The van der Waals surface area contributed by atoms with Gasteiger partial charge in [0, 0.05) is 29.9 Å². The zero-order chi connectivity index (χ0) is 20.8. The van der Waals surface area contributed by atoms with Crippen LogP contribution in [-0.2, 0) is 20.8 Å². The second-order valence-corrected chi connectivity index (χ2v) is 6.76. The van der Waals surface area contributed by atoms with E-state index < -0.39 is 5.97 Å². The standard InChI is InChI=1S/C20H23ClN2O5/c1-12-9-15(13(2)23(12)8-4-5-19(25)27-3)18(24)11-28-20(26)14-6-7-16(21)17(22)10-14/h6-7,9-10H,4-5,8,11,22H2,1-3H3. The average molecular weight is 407 g/mol. The number of Topliss-reactive ketones (excluding diaryl/α,β-unsaturated/α-hetero) is 1. The smallest absolute Gasteiger partial charge is 0.338 e. The summed E-state index contributed by atoms with van der Waals surface area (Å²) >= 11 is 5.83. The number of nitrogens with zero attached hydrogens (tertiary/aromatic N) is 1. The molecule has 0 amide bonds. The lowest BCUT2D eigenvalue weighted by Crippen LogP contribution is -2.15. The Morgan fingerprint density at radius 3 is 2.54 bits per heavy atom. The van der Waals surface area contributed by atoms with Crippen LogP contribution in [0.5, 0.6) is 0 Å². The van der Waals surface area contributed by atoms with E-state index in [0.717, 1.165) is 11.4 Å². The van der Waals surface area contributed by atoms with Gasteiger partial charge in [0.2, 0.25) is 5.78 Å². The van der Waals surface area contributed by atoms with E-state index >= 15 is 0 Å². The highest BCUT2D eigenvalue weighted by molar-refractivity contribution is 6.33. The number of halogens is 1. The molecule has 2 aromatic rings. The van der Waals surface area contributed by atoms with Crippen LogP contribution in [0.4, 0.5) is 5.69 Å². The third kappa shape index (κ3) is 5.13. The van der Waals surface area contributed by atoms with Crippen LogP contribution in [0, 0.1) is 13.8 Å². The van der Waals surface area contributed by atoms with E-state index in [-0.39, 0.29) is 29.6 Å². The maximum absolute atomic E-state index is 12.5. The molecule has 0 saturated carbocycles. The summed E-state index contributed by atoms with van der Waals surface area (Å²) in [4.78, 5) is 35.9. The maximum Gasteiger partial charge on any atom is 0.338 e. The lowest BCUT2D eigenvalue weighted by Gasteiger charge is -2.09. The fourth-order valence-electron chi connectivity index (χ4n) is 2.87.